The molecule has 35 heavy (non-hydrogen) atoms. The summed E-state index contributed by atoms with van der Waals surface area (Å²) in [6.07, 6.45) is 0.948. The number of benzene rings is 3. The summed E-state index contributed by atoms with van der Waals surface area (Å²) in [5.41, 5.74) is 5.14. The van der Waals surface area contributed by atoms with E-state index in [-0.39, 0.29) is 17.5 Å². The molecule has 0 unspecified atom stereocenters. The van der Waals surface area contributed by atoms with Gasteiger partial charge in [0.05, 0.1) is 29.4 Å². The van der Waals surface area contributed by atoms with E-state index in [4.69, 9.17) is 4.74 Å². The molecule has 3 N–H and O–H groups in total. The lowest BCUT2D eigenvalue weighted by Gasteiger charge is -2.30. The fraction of sp³-hybridized carbons (Fsp3) is 0.222. The highest BCUT2D eigenvalue weighted by Crippen LogP contribution is 2.46. The normalized spacial score (nSPS) is 19.1. The van der Waals surface area contributed by atoms with Crippen LogP contribution in [0.3, 0.4) is 0 Å². The first kappa shape index (κ1) is 22.5. The third-order valence-electron chi connectivity index (χ3n) is 6.68. The number of para-hydroxylation sites is 2. The molecule has 8 heteroatoms. The molecule has 1 aliphatic heterocycles. The van der Waals surface area contributed by atoms with Crippen molar-refractivity contribution in [3.8, 4) is 11.5 Å². The second-order valence-electron chi connectivity index (χ2n) is 8.93. The Bertz CT molecular complexity index is 1360. The van der Waals surface area contributed by atoms with E-state index in [1.54, 1.807) is 0 Å². The number of fused-ring (bicyclic) bond motifs is 1. The molecular weight excluding hydrogens is 446 g/mol. The highest BCUT2D eigenvalue weighted by Gasteiger charge is 2.37. The summed E-state index contributed by atoms with van der Waals surface area (Å²) in [5.74, 6) is -0.588. The van der Waals surface area contributed by atoms with Crippen molar-refractivity contribution in [1.29, 1.82) is 0 Å². The monoisotopic (exact) mass is 471 g/mol. The number of allylic oxidation sites excluding steroid dienone is 1. The molecule has 8 nitrogen and oxygen atoms in total. The number of ether oxygens (including phenoxy) is 1. The minimum absolute atomic E-state index is 0.0175. The molecule has 0 aromatic heterocycles. The van der Waals surface area contributed by atoms with Crippen molar-refractivity contribution in [1.82, 2.24) is 0 Å². The Hall–Kier alpha value is -4.33. The van der Waals surface area contributed by atoms with Gasteiger partial charge in [-0.05, 0) is 48.6 Å². The van der Waals surface area contributed by atoms with E-state index in [1.807, 2.05) is 43.3 Å². The minimum atomic E-state index is -0.666. The second kappa shape index (κ2) is 8.79. The maximum Gasteiger partial charge on any atom is 0.315 e. The van der Waals surface area contributed by atoms with Crippen LogP contribution in [0.1, 0.15) is 41.5 Å². The number of nitro benzene ring substituents is 1. The summed E-state index contributed by atoms with van der Waals surface area (Å²) in [5, 5.41) is 28.8. The number of carbonyl (C=O) groups excluding carboxylic acids is 1. The number of hydrogen-bond acceptors (Lipinski definition) is 7. The molecule has 0 bridgehead atoms. The lowest BCUT2D eigenvalue weighted by atomic mass is 9.78. The summed E-state index contributed by atoms with van der Waals surface area (Å²) in [7, 11) is 1.34. The maximum atomic E-state index is 13.7. The molecule has 0 radical (unpaired) electrons. The van der Waals surface area contributed by atoms with Gasteiger partial charge in [-0.2, -0.15) is 0 Å². The van der Waals surface area contributed by atoms with E-state index < -0.39 is 22.4 Å². The van der Waals surface area contributed by atoms with Gasteiger partial charge in [0.25, 0.3) is 0 Å². The van der Waals surface area contributed by atoms with E-state index >= 15 is 0 Å². The predicted octanol–water partition coefficient (Wildman–Crippen LogP) is 5.60. The van der Waals surface area contributed by atoms with Crippen molar-refractivity contribution in [3.63, 3.8) is 0 Å². The van der Waals surface area contributed by atoms with Crippen LogP contribution in [-0.4, -0.2) is 22.9 Å². The molecule has 0 saturated heterocycles. The fourth-order valence-electron chi connectivity index (χ4n) is 4.89. The largest absolute Gasteiger partial charge is 0.500 e. The van der Waals surface area contributed by atoms with Gasteiger partial charge in [0.15, 0.2) is 11.5 Å². The molecule has 0 amide bonds. The Morgan fingerprint density at radius 2 is 1.74 bits per heavy atom. The molecule has 2 atom stereocenters. The van der Waals surface area contributed by atoms with Crippen molar-refractivity contribution in [2.75, 3.05) is 17.7 Å². The van der Waals surface area contributed by atoms with Crippen LogP contribution in [0.2, 0.25) is 0 Å². The molecule has 5 rings (SSSR count). The van der Waals surface area contributed by atoms with E-state index in [0.29, 0.717) is 24.0 Å². The van der Waals surface area contributed by atoms with Crippen molar-refractivity contribution in [3.05, 3.63) is 98.7 Å². The van der Waals surface area contributed by atoms with Gasteiger partial charge in [0.1, 0.15) is 0 Å². The maximum absolute atomic E-state index is 13.7. The molecular formula is C27H25N3O5. The van der Waals surface area contributed by atoms with Gasteiger partial charge >= 0.3 is 5.69 Å². The van der Waals surface area contributed by atoms with Crippen LogP contribution in [0.5, 0.6) is 11.5 Å². The number of phenolic OH excluding ortho intramolecular Hbond substituents is 1. The molecule has 1 heterocycles. The van der Waals surface area contributed by atoms with Gasteiger partial charge in [0, 0.05) is 23.8 Å². The number of Topliss-reactive ketones (excluding diaryl/α,β-unsaturated/α-hetero) is 1. The third kappa shape index (κ3) is 4.07. The lowest BCUT2D eigenvalue weighted by molar-refractivity contribution is -0.386. The first-order valence-corrected chi connectivity index (χ1v) is 11.4. The van der Waals surface area contributed by atoms with Crippen molar-refractivity contribution in [2.45, 2.75) is 31.7 Å². The Morgan fingerprint density at radius 1 is 1.03 bits per heavy atom. The average molecular weight is 472 g/mol. The number of aromatic hydroxyl groups is 1. The number of nitrogens with zero attached hydrogens (tertiary/aromatic N) is 1. The van der Waals surface area contributed by atoms with Crippen LogP contribution in [0.25, 0.3) is 0 Å². The zero-order valence-corrected chi connectivity index (χ0v) is 19.4. The molecule has 2 aliphatic rings. The summed E-state index contributed by atoms with van der Waals surface area (Å²) in [4.78, 5) is 24.6. The number of nitro groups is 1. The number of carbonyl (C=O) groups is 1. The first-order valence-electron chi connectivity index (χ1n) is 11.4. The van der Waals surface area contributed by atoms with Gasteiger partial charge in [-0.25, -0.2) is 0 Å². The number of methoxy groups -OCH3 is 1. The van der Waals surface area contributed by atoms with Crippen LogP contribution >= 0.6 is 0 Å². The van der Waals surface area contributed by atoms with Crippen LogP contribution in [0.4, 0.5) is 17.1 Å². The number of aryl methyl sites for hydroxylation is 1. The quantitative estimate of drug-likeness (QED) is 0.335. The average Bonchev–Trinajstić information content (AvgIpc) is 3.01. The fourth-order valence-corrected chi connectivity index (χ4v) is 4.89. The van der Waals surface area contributed by atoms with Gasteiger partial charge < -0.3 is 20.5 Å². The standard InChI is InChI=1S/C27H25N3O5/c1-15-7-9-16(10-8-15)17-11-21-25(23(31)13-17)26(29-20-6-4-3-5-19(20)28-21)18-12-22(30(33)34)27(32)24(14-18)35-2/h3-10,12,14,17,26,28-29,32H,11,13H2,1-2H3/t17-,26-/m1/s1. The van der Waals surface area contributed by atoms with Crippen LogP contribution in [0.15, 0.2) is 71.9 Å². The van der Waals surface area contributed by atoms with Crippen molar-refractivity contribution >= 4 is 22.8 Å². The second-order valence-corrected chi connectivity index (χ2v) is 8.93. The Balaban J connectivity index is 1.65. The molecule has 0 fully saturated rings. The molecule has 0 saturated carbocycles. The van der Waals surface area contributed by atoms with Gasteiger partial charge in [-0.1, -0.05) is 42.0 Å². The van der Waals surface area contributed by atoms with Gasteiger partial charge in [-0.3, -0.25) is 14.9 Å². The van der Waals surface area contributed by atoms with E-state index in [9.17, 15) is 20.0 Å². The minimum Gasteiger partial charge on any atom is -0.500 e. The Kier molecular flexibility index (Phi) is 5.64. The summed E-state index contributed by atoms with van der Waals surface area (Å²) < 4.78 is 5.22. The number of phenols is 1. The van der Waals surface area contributed by atoms with Crippen LogP contribution in [0, 0.1) is 17.0 Å². The zero-order chi connectivity index (χ0) is 24.7. The van der Waals surface area contributed by atoms with Gasteiger partial charge in [-0.15, -0.1) is 0 Å². The van der Waals surface area contributed by atoms with E-state index in [2.05, 4.69) is 22.8 Å². The smallest absolute Gasteiger partial charge is 0.315 e. The topological polar surface area (TPSA) is 114 Å². The number of hydrogen-bond donors (Lipinski definition) is 3. The van der Waals surface area contributed by atoms with E-state index in [0.717, 1.165) is 28.2 Å². The van der Waals surface area contributed by atoms with Crippen LogP contribution in [-0.2, 0) is 4.79 Å². The number of rotatable bonds is 4. The molecule has 178 valence electrons. The highest BCUT2D eigenvalue weighted by atomic mass is 16.6. The van der Waals surface area contributed by atoms with Crippen LogP contribution < -0.4 is 15.4 Å². The van der Waals surface area contributed by atoms with Crippen molar-refractivity contribution in [2.24, 2.45) is 0 Å². The summed E-state index contributed by atoms with van der Waals surface area (Å²) >= 11 is 0. The lowest BCUT2D eigenvalue weighted by Crippen LogP contribution is -2.27. The molecule has 3 aromatic carbocycles. The Morgan fingerprint density at radius 3 is 2.43 bits per heavy atom. The highest BCUT2D eigenvalue weighted by molar-refractivity contribution is 6.01. The third-order valence-corrected chi connectivity index (χ3v) is 6.68. The van der Waals surface area contributed by atoms with E-state index in [1.165, 1.54) is 19.2 Å². The SMILES string of the molecule is COc1cc([C@H]2Nc3ccccc3NC3=C2C(=O)C[C@H](c2ccc(C)cc2)C3)cc([N+](=O)[O-])c1O. The Labute approximate surface area is 202 Å². The number of anilines is 2. The predicted molar refractivity (Wildman–Crippen MR) is 133 cm³/mol. The molecule has 1 aliphatic carbocycles. The summed E-state index contributed by atoms with van der Waals surface area (Å²) in [6, 6.07) is 18.0. The number of nitrogens with one attached hydrogen (secondary N) is 2. The molecule has 3 aromatic rings. The van der Waals surface area contributed by atoms with Crippen molar-refractivity contribution < 1.29 is 19.6 Å². The first-order chi connectivity index (χ1) is 16.9. The summed E-state index contributed by atoms with van der Waals surface area (Å²) in [6.45, 7) is 2.03. The van der Waals surface area contributed by atoms with Gasteiger partial charge in [0.2, 0.25) is 5.75 Å². The number of ketones is 1. The zero-order valence-electron chi connectivity index (χ0n) is 19.4. The molecule has 0 spiro atoms.